The fraction of sp³-hybridized carbons (Fsp3) is 0.733. The molecule has 0 aliphatic heterocycles. The first-order valence-corrected chi connectivity index (χ1v) is 7.30. The van der Waals surface area contributed by atoms with E-state index in [1.807, 2.05) is 6.20 Å². The van der Waals surface area contributed by atoms with Crippen molar-refractivity contribution in [3.05, 3.63) is 17.5 Å². The van der Waals surface area contributed by atoms with Crippen molar-refractivity contribution < 1.29 is 4.79 Å². The van der Waals surface area contributed by atoms with E-state index in [0.29, 0.717) is 6.42 Å². The van der Waals surface area contributed by atoms with Gasteiger partial charge in [-0.3, -0.25) is 9.48 Å². The summed E-state index contributed by atoms with van der Waals surface area (Å²) in [5.74, 6) is -0.182. The van der Waals surface area contributed by atoms with Crippen LogP contribution < -0.4 is 5.73 Å². The average Bonchev–Trinajstić information content (AvgIpc) is 2.70. The Morgan fingerprint density at radius 2 is 2.05 bits per heavy atom. The van der Waals surface area contributed by atoms with Crippen LogP contribution in [0.2, 0.25) is 0 Å². The van der Waals surface area contributed by atoms with Gasteiger partial charge in [-0.2, -0.15) is 5.10 Å². The van der Waals surface area contributed by atoms with Crippen LogP contribution in [-0.4, -0.2) is 15.7 Å². The van der Waals surface area contributed by atoms with Gasteiger partial charge in [-0.15, -0.1) is 0 Å². The van der Waals surface area contributed by atoms with Gasteiger partial charge in [-0.25, -0.2) is 0 Å². The smallest absolute Gasteiger partial charge is 0.217 e. The van der Waals surface area contributed by atoms with Gasteiger partial charge in [0.05, 0.1) is 6.20 Å². The predicted molar refractivity (Wildman–Crippen MR) is 75.6 cm³/mol. The number of hydrogen-bond donors (Lipinski definition) is 1. The minimum absolute atomic E-state index is 0.182. The highest BCUT2D eigenvalue weighted by molar-refractivity contribution is 5.73. The van der Waals surface area contributed by atoms with Crippen molar-refractivity contribution in [2.24, 2.45) is 11.1 Å². The fourth-order valence-electron chi connectivity index (χ4n) is 3.19. The van der Waals surface area contributed by atoms with Crippen LogP contribution in [0.1, 0.15) is 56.2 Å². The topological polar surface area (TPSA) is 60.9 Å². The summed E-state index contributed by atoms with van der Waals surface area (Å²) in [6, 6.07) is 0. The van der Waals surface area contributed by atoms with Gasteiger partial charge in [0.1, 0.15) is 0 Å². The molecule has 1 amide bonds. The molecule has 0 spiro atoms. The molecule has 1 aromatic rings. The van der Waals surface area contributed by atoms with Gasteiger partial charge in [-0.1, -0.05) is 19.3 Å². The summed E-state index contributed by atoms with van der Waals surface area (Å²) in [4.78, 5) is 11.1. The Morgan fingerprint density at radius 3 is 2.58 bits per heavy atom. The number of carbonyl (C=O) groups is 1. The molecule has 0 atom stereocenters. The third kappa shape index (κ3) is 3.37. The summed E-state index contributed by atoms with van der Waals surface area (Å²) in [6.07, 6.45) is 9.56. The summed E-state index contributed by atoms with van der Waals surface area (Å²) < 4.78 is 2.11. The lowest BCUT2D eigenvalue weighted by Crippen LogP contribution is -2.32. The Kier molecular flexibility index (Phi) is 4.27. The molecule has 1 fully saturated rings. The Labute approximate surface area is 115 Å². The summed E-state index contributed by atoms with van der Waals surface area (Å²) in [5.41, 5.74) is 8.03. The van der Waals surface area contributed by atoms with Crippen LogP contribution in [-0.2, 0) is 11.3 Å². The van der Waals surface area contributed by atoms with Crippen LogP contribution in [0.3, 0.4) is 0 Å². The molecule has 1 aromatic heterocycles. The van der Waals surface area contributed by atoms with E-state index < -0.39 is 0 Å². The third-order valence-corrected chi connectivity index (χ3v) is 4.65. The van der Waals surface area contributed by atoms with E-state index in [1.54, 1.807) is 0 Å². The second kappa shape index (κ2) is 5.76. The zero-order chi connectivity index (χ0) is 13.9. The molecule has 4 nitrogen and oxygen atoms in total. The van der Waals surface area contributed by atoms with Crippen LogP contribution in [0.15, 0.2) is 6.20 Å². The zero-order valence-corrected chi connectivity index (χ0v) is 12.1. The SMILES string of the molecule is Cc1cnn(CC2(CCC(N)=O)CCCCC2)c1C. The largest absolute Gasteiger partial charge is 0.370 e. The molecule has 2 N–H and O–H groups in total. The van der Waals surface area contributed by atoms with E-state index in [1.165, 1.54) is 43.4 Å². The normalized spacial score (nSPS) is 18.4. The maximum atomic E-state index is 11.1. The predicted octanol–water partition coefficient (Wildman–Crippen LogP) is 2.72. The van der Waals surface area contributed by atoms with Crippen LogP contribution >= 0.6 is 0 Å². The zero-order valence-electron chi connectivity index (χ0n) is 12.1. The molecular formula is C15H25N3O. The van der Waals surface area contributed by atoms with Crippen molar-refractivity contribution in [2.45, 2.75) is 65.3 Å². The highest BCUT2D eigenvalue weighted by Crippen LogP contribution is 2.41. The van der Waals surface area contributed by atoms with Gasteiger partial charge in [0, 0.05) is 18.7 Å². The van der Waals surface area contributed by atoms with Crippen LogP contribution in [0.4, 0.5) is 0 Å². The molecule has 1 heterocycles. The highest BCUT2D eigenvalue weighted by Gasteiger charge is 2.33. The van der Waals surface area contributed by atoms with Gasteiger partial charge >= 0.3 is 0 Å². The first-order valence-electron chi connectivity index (χ1n) is 7.30. The van der Waals surface area contributed by atoms with Crippen molar-refractivity contribution in [1.29, 1.82) is 0 Å². The van der Waals surface area contributed by atoms with E-state index in [2.05, 4.69) is 23.6 Å². The molecular weight excluding hydrogens is 238 g/mol. The molecule has 1 saturated carbocycles. The fourth-order valence-corrected chi connectivity index (χ4v) is 3.19. The molecule has 4 heteroatoms. The van der Waals surface area contributed by atoms with E-state index in [0.717, 1.165) is 13.0 Å². The third-order valence-electron chi connectivity index (χ3n) is 4.65. The Balaban J connectivity index is 2.13. The maximum absolute atomic E-state index is 11.1. The molecule has 1 aliphatic rings. The first kappa shape index (κ1) is 14.1. The van der Waals surface area contributed by atoms with Crippen molar-refractivity contribution in [1.82, 2.24) is 9.78 Å². The number of aromatic nitrogens is 2. The lowest BCUT2D eigenvalue weighted by atomic mass is 9.71. The summed E-state index contributed by atoms with van der Waals surface area (Å²) >= 11 is 0. The van der Waals surface area contributed by atoms with E-state index in [-0.39, 0.29) is 11.3 Å². The number of primary amides is 1. The molecule has 19 heavy (non-hydrogen) atoms. The van der Waals surface area contributed by atoms with Crippen molar-refractivity contribution >= 4 is 5.91 Å². The average molecular weight is 263 g/mol. The highest BCUT2D eigenvalue weighted by atomic mass is 16.1. The van der Waals surface area contributed by atoms with E-state index >= 15 is 0 Å². The van der Waals surface area contributed by atoms with Gasteiger partial charge in [0.2, 0.25) is 5.91 Å². The first-order chi connectivity index (χ1) is 9.02. The second-order valence-electron chi connectivity index (χ2n) is 6.10. The molecule has 0 saturated heterocycles. The number of nitrogens with zero attached hydrogens (tertiary/aromatic N) is 2. The monoisotopic (exact) mass is 263 g/mol. The lowest BCUT2D eigenvalue weighted by molar-refractivity contribution is -0.118. The molecule has 0 unspecified atom stereocenters. The number of rotatable bonds is 5. The van der Waals surface area contributed by atoms with Crippen molar-refractivity contribution in [3.8, 4) is 0 Å². The Hall–Kier alpha value is -1.32. The van der Waals surface area contributed by atoms with Gasteiger partial charge in [0.15, 0.2) is 0 Å². The summed E-state index contributed by atoms with van der Waals surface area (Å²) in [5, 5.41) is 4.48. The molecule has 0 radical (unpaired) electrons. The number of aryl methyl sites for hydroxylation is 1. The minimum atomic E-state index is -0.182. The Bertz CT molecular complexity index is 444. The second-order valence-corrected chi connectivity index (χ2v) is 6.10. The standard InChI is InChI=1S/C15H25N3O/c1-12-10-17-18(13(12)2)11-15(9-6-14(16)19)7-4-3-5-8-15/h10H,3-9,11H2,1-2H3,(H2,16,19). The van der Waals surface area contributed by atoms with Crippen molar-refractivity contribution in [3.63, 3.8) is 0 Å². The number of nitrogens with two attached hydrogens (primary N) is 1. The van der Waals surface area contributed by atoms with Crippen LogP contribution in [0, 0.1) is 19.3 Å². The number of hydrogen-bond acceptors (Lipinski definition) is 2. The molecule has 0 aromatic carbocycles. The van der Waals surface area contributed by atoms with Gasteiger partial charge in [-0.05, 0) is 44.1 Å². The quantitative estimate of drug-likeness (QED) is 0.888. The van der Waals surface area contributed by atoms with Gasteiger partial charge < -0.3 is 5.73 Å². The Morgan fingerprint density at radius 1 is 1.37 bits per heavy atom. The van der Waals surface area contributed by atoms with E-state index in [4.69, 9.17) is 5.73 Å². The van der Waals surface area contributed by atoms with E-state index in [9.17, 15) is 4.79 Å². The molecule has 106 valence electrons. The summed E-state index contributed by atoms with van der Waals surface area (Å²) in [7, 11) is 0. The minimum Gasteiger partial charge on any atom is -0.370 e. The maximum Gasteiger partial charge on any atom is 0.217 e. The summed E-state index contributed by atoms with van der Waals surface area (Å²) in [6.45, 7) is 5.14. The molecule has 1 aliphatic carbocycles. The van der Waals surface area contributed by atoms with Crippen molar-refractivity contribution in [2.75, 3.05) is 0 Å². The van der Waals surface area contributed by atoms with Crippen LogP contribution in [0.5, 0.6) is 0 Å². The number of carbonyl (C=O) groups excluding carboxylic acids is 1. The lowest BCUT2D eigenvalue weighted by Gasteiger charge is -2.37. The van der Waals surface area contributed by atoms with Gasteiger partial charge in [0.25, 0.3) is 0 Å². The molecule has 0 bridgehead atoms. The van der Waals surface area contributed by atoms with Crippen LogP contribution in [0.25, 0.3) is 0 Å². The number of amides is 1. The molecule has 2 rings (SSSR count).